The van der Waals surface area contributed by atoms with Crippen LogP contribution in [0.2, 0.25) is 0 Å². The van der Waals surface area contributed by atoms with Gasteiger partial charge in [0.2, 0.25) is 0 Å². The highest BCUT2D eigenvalue weighted by molar-refractivity contribution is 9.09. The van der Waals surface area contributed by atoms with E-state index in [1.54, 1.807) is 14.2 Å². The zero-order valence-corrected chi connectivity index (χ0v) is 30.9. The number of hydrogen-bond acceptors (Lipinski definition) is 6. The molecule has 1 aliphatic rings. The fraction of sp³-hybridized carbons (Fsp3) is 0.316. The van der Waals surface area contributed by atoms with Crippen LogP contribution in [-0.2, 0) is 0 Å². The molecule has 0 radical (unpaired) electrons. The highest BCUT2D eigenvalue weighted by atomic mass is 79.9. The molecule has 0 spiro atoms. The number of ether oxygens (including phenoxy) is 4. The standard InChI is InChI=1S/C38H41Br2N3O5/c1-26(24-39)47-34-17-9-28(21-36(34)45-3)7-13-31-23-33(14-8-29-10-18-35(37(22-29)46-4)48-27(2)25-40)43(41-31)32-15-11-30(12-16-32)38(44)42-19-5-6-20-42/h7-18,21-23,26-27H,5-6,19-20,24-25H2,1-4H3/b13-7+,14-8+. The highest BCUT2D eigenvalue weighted by Crippen LogP contribution is 2.31. The number of nitrogens with zero attached hydrogens (tertiary/aromatic N) is 3. The van der Waals surface area contributed by atoms with E-state index in [2.05, 4.69) is 31.9 Å². The predicted octanol–water partition coefficient (Wildman–Crippen LogP) is 8.79. The third-order valence-electron chi connectivity index (χ3n) is 7.87. The largest absolute Gasteiger partial charge is 0.493 e. The second-order valence-corrected chi connectivity index (χ2v) is 12.9. The average Bonchev–Trinajstić information content (AvgIpc) is 3.81. The lowest BCUT2D eigenvalue weighted by Crippen LogP contribution is -2.27. The summed E-state index contributed by atoms with van der Waals surface area (Å²) in [6, 6.07) is 21.4. The summed E-state index contributed by atoms with van der Waals surface area (Å²) in [5, 5.41) is 6.37. The Labute approximate surface area is 299 Å². The van der Waals surface area contributed by atoms with Crippen LogP contribution >= 0.6 is 31.9 Å². The Hall–Kier alpha value is -4.02. The van der Waals surface area contributed by atoms with E-state index in [0.717, 1.165) is 64.8 Å². The highest BCUT2D eigenvalue weighted by Gasteiger charge is 2.19. The fourth-order valence-corrected chi connectivity index (χ4v) is 5.56. The minimum absolute atomic E-state index is 0.00781. The lowest BCUT2D eigenvalue weighted by molar-refractivity contribution is 0.0793. The van der Waals surface area contributed by atoms with Crippen LogP contribution in [0, 0.1) is 0 Å². The number of likely N-dealkylation sites (tertiary alicyclic amines) is 1. The summed E-state index contributed by atoms with van der Waals surface area (Å²) >= 11 is 6.92. The van der Waals surface area contributed by atoms with E-state index in [0.29, 0.717) is 28.6 Å². The molecule has 8 nitrogen and oxygen atoms in total. The molecule has 0 bridgehead atoms. The van der Waals surface area contributed by atoms with Gasteiger partial charge < -0.3 is 23.8 Å². The van der Waals surface area contributed by atoms with Crippen molar-refractivity contribution in [2.45, 2.75) is 38.9 Å². The quantitative estimate of drug-likeness (QED) is 0.119. The fourth-order valence-electron chi connectivity index (χ4n) is 5.30. The maximum absolute atomic E-state index is 13.0. The van der Waals surface area contributed by atoms with E-state index in [1.165, 1.54) is 0 Å². The number of carbonyl (C=O) groups excluding carboxylic acids is 1. The molecule has 0 saturated carbocycles. The van der Waals surface area contributed by atoms with E-state index in [4.69, 9.17) is 24.0 Å². The SMILES string of the molecule is COc1cc(/C=C/c2cc(/C=C/c3ccc(OC(C)CBr)c(OC)c3)n(-c3ccc(C(=O)N4CCCC4)cc3)n2)ccc1OC(C)CBr. The van der Waals surface area contributed by atoms with E-state index in [9.17, 15) is 4.79 Å². The summed E-state index contributed by atoms with van der Waals surface area (Å²) in [5.74, 6) is 2.78. The summed E-state index contributed by atoms with van der Waals surface area (Å²) in [6.45, 7) is 5.62. The molecule has 0 aliphatic carbocycles. The molecule has 4 aromatic rings. The smallest absolute Gasteiger partial charge is 0.253 e. The van der Waals surface area contributed by atoms with Crippen LogP contribution in [-0.4, -0.2) is 70.8 Å². The Bertz CT molecular complexity index is 1750. The Morgan fingerprint density at radius 1 is 0.750 bits per heavy atom. The molecule has 3 aromatic carbocycles. The number of methoxy groups -OCH3 is 2. The van der Waals surface area contributed by atoms with Crippen LogP contribution in [0.25, 0.3) is 30.0 Å². The first-order valence-electron chi connectivity index (χ1n) is 16.0. The molecule has 2 heterocycles. The molecule has 1 saturated heterocycles. The monoisotopic (exact) mass is 777 g/mol. The van der Waals surface area contributed by atoms with E-state index >= 15 is 0 Å². The average molecular weight is 780 g/mol. The van der Waals surface area contributed by atoms with Crippen molar-refractivity contribution in [1.82, 2.24) is 14.7 Å². The summed E-state index contributed by atoms with van der Waals surface area (Å²) in [5.41, 5.74) is 5.06. The normalized spacial score (nSPS) is 14.4. The zero-order chi connectivity index (χ0) is 34.0. The van der Waals surface area contributed by atoms with Crippen LogP contribution in [0.4, 0.5) is 0 Å². The van der Waals surface area contributed by atoms with Crippen LogP contribution in [0.1, 0.15) is 59.6 Å². The number of carbonyl (C=O) groups is 1. The molecule has 10 heteroatoms. The van der Waals surface area contributed by atoms with Crippen LogP contribution in [0.5, 0.6) is 23.0 Å². The predicted molar refractivity (Wildman–Crippen MR) is 200 cm³/mol. The number of halogens is 2. The number of alkyl halides is 2. The Morgan fingerprint density at radius 2 is 1.29 bits per heavy atom. The van der Waals surface area contributed by atoms with E-state index in [1.807, 2.05) is 114 Å². The molecule has 252 valence electrons. The van der Waals surface area contributed by atoms with Gasteiger partial charge in [0, 0.05) is 29.3 Å². The van der Waals surface area contributed by atoms with Crippen molar-refractivity contribution in [2.75, 3.05) is 38.0 Å². The van der Waals surface area contributed by atoms with Gasteiger partial charge in [-0.3, -0.25) is 4.79 Å². The summed E-state index contributed by atoms with van der Waals surface area (Å²) in [6.07, 6.45) is 10.1. The second kappa shape index (κ2) is 16.9. The van der Waals surface area contributed by atoms with Gasteiger partial charge in [0.05, 0.1) is 31.3 Å². The van der Waals surface area contributed by atoms with Crippen molar-refractivity contribution in [3.8, 4) is 28.7 Å². The van der Waals surface area contributed by atoms with E-state index in [-0.39, 0.29) is 18.1 Å². The number of hydrogen-bond donors (Lipinski definition) is 0. The summed E-state index contributed by atoms with van der Waals surface area (Å²) < 4.78 is 25.1. The van der Waals surface area contributed by atoms with Gasteiger partial charge >= 0.3 is 0 Å². The number of benzene rings is 3. The lowest BCUT2D eigenvalue weighted by atomic mass is 10.1. The maximum atomic E-state index is 13.0. The lowest BCUT2D eigenvalue weighted by Gasteiger charge is -2.15. The van der Waals surface area contributed by atoms with Gasteiger partial charge in [-0.05, 0) is 105 Å². The molecule has 5 rings (SSSR count). The van der Waals surface area contributed by atoms with Gasteiger partial charge in [0.15, 0.2) is 23.0 Å². The van der Waals surface area contributed by atoms with Crippen LogP contribution in [0.3, 0.4) is 0 Å². The molecular weight excluding hydrogens is 738 g/mol. The first-order valence-corrected chi connectivity index (χ1v) is 18.2. The Morgan fingerprint density at radius 3 is 1.81 bits per heavy atom. The summed E-state index contributed by atoms with van der Waals surface area (Å²) in [7, 11) is 3.28. The summed E-state index contributed by atoms with van der Waals surface area (Å²) in [4.78, 5) is 14.9. The van der Waals surface area contributed by atoms with Crippen molar-refractivity contribution in [2.24, 2.45) is 0 Å². The number of rotatable bonds is 14. The number of amides is 1. The third kappa shape index (κ3) is 8.90. The molecule has 2 unspecified atom stereocenters. The minimum Gasteiger partial charge on any atom is -0.493 e. The molecule has 1 fully saturated rings. The van der Waals surface area contributed by atoms with Gasteiger partial charge in [0.25, 0.3) is 5.91 Å². The molecular formula is C38H41Br2N3O5. The molecule has 1 aromatic heterocycles. The van der Waals surface area contributed by atoms with Gasteiger partial charge in [-0.2, -0.15) is 5.10 Å². The Kier molecular flexibility index (Phi) is 12.4. The van der Waals surface area contributed by atoms with Crippen molar-refractivity contribution in [1.29, 1.82) is 0 Å². The van der Waals surface area contributed by atoms with Gasteiger partial charge in [-0.25, -0.2) is 4.68 Å². The van der Waals surface area contributed by atoms with Gasteiger partial charge in [-0.15, -0.1) is 0 Å². The second-order valence-electron chi connectivity index (χ2n) is 11.6. The first-order chi connectivity index (χ1) is 23.3. The molecule has 0 N–H and O–H groups in total. The first kappa shape index (κ1) is 35.3. The van der Waals surface area contributed by atoms with E-state index < -0.39 is 0 Å². The maximum Gasteiger partial charge on any atom is 0.253 e. The van der Waals surface area contributed by atoms with Crippen molar-refractivity contribution in [3.63, 3.8) is 0 Å². The molecule has 1 aliphatic heterocycles. The number of aromatic nitrogens is 2. The topological polar surface area (TPSA) is 75.1 Å². The van der Waals surface area contributed by atoms with Crippen molar-refractivity contribution in [3.05, 3.63) is 94.8 Å². The van der Waals surface area contributed by atoms with Crippen molar-refractivity contribution < 1.29 is 23.7 Å². The molecule has 2 atom stereocenters. The minimum atomic E-state index is 0.00781. The molecule has 48 heavy (non-hydrogen) atoms. The third-order valence-corrected chi connectivity index (χ3v) is 9.69. The zero-order valence-electron chi connectivity index (χ0n) is 27.7. The van der Waals surface area contributed by atoms with Crippen LogP contribution < -0.4 is 18.9 Å². The van der Waals surface area contributed by atoms with Gasteiger partial charge in [-0.1, -0.05) is 56.1 Å². The Balaban J connectivity index is 1.45. The van der Waals surface area contributed by atoms with Gasteiger partial charge in [0.1, 0.15) is 12.2 Å². The molecule has 1 amide bonds. The van der Waals surface area contributed by atoms with Crippen molar-refractivity contribution >= 4 is 62.1 Å². The van der Waals surface area contributed by atoms with Crippen LogP contribution in [0.15, 0.2) is 66.7 Å².